The first-order valence-corrected chi connectivity index (χ1v) is 13.2. The molecule has 2 amide bonds. The van der Waals surface area contributed by atoms with Gasteiger partial charge < -0.3 is 20.1 Å². The van der Waals surface area contributed by atoms with Crippen LogP contribution < -0.4 is 10.1 Å². The number of aliphatic hydroxyl groups is 1. The summed E-state index contributed by atoms with van der Waals surface area (Å²) in [5.74, 6) is -0.484. The molecule has 3 atom stereocenters. The van der Waals surface area contributed by atoms with Gasteiger partial charge in [-0.3, -0.25) is 19.5 Å². The van der Waals surface area contributed by atoms with Crippen molar-refractivity contribution in [1.29, 1.82) is 0 Å². The lowest BCUT2D eigenvalue weighted by Crippen LogP contribution is -2.49. The van der Waals surface area contributed by atoms with E-state index in [4.69, 9.17) is 4.74 Å². The number of amides is 2. The Kier molecular flexibility index (Phi) is 9.29. The van der Waals surface area contributed by atoms with E-state index < -0.39 is 17.8 Å². The number of benzene rings is 2. The monoisotopic (exact) mass is 570 g/mol. The Morgan fingerprint density at radius 1 is 1.17 bits per heavy atom. The Labute approximate surface area is 236 Å². The van der Waals surface area contributed by atoms with Crippen molar-refractivity contribution in [3.8, 4) is 5.75 Å². The third-order valence-electron chi connectivity index (χ3n) is 7.09. The number of rotatable bonds is 8. The number of hydrogen-bond donors (Lipinski definition) is 2. The van der Waals surface area contributed by atoms with Crippen molar-refractivity contribution in [2.45, 2.75) is 38.7 Å². The highest BCUT2D eigenvalue weighted by molar-refractivity contribution is 6.05. The number of aliphatic hydroxyl groups excluding tert-OH is 1. The molecule has 0 bridgehead atoms. The van der Waals surface area contributed by atoms with Crippen molar-refractivity contribution in [2.24, 2.45) is 5.92 Å². The number of likely N-dealkylation sites (N-methyl/N-ethyl adjacent to an activating group) is 1. The zero-order valence-electron chi connectivity index (χ0n) is 23.1. The van der Waals surface area contributed by atoms with Crippen LogP contribution in [0.25, 0.3) is 0 Å². The van der Waals surface area contributed by atoms with E-state index in [1.165, 1.54) is 24.5 Å². The van der Waals surface area contributed by atoms with Gasteiger partial charge in [-0.2, -0.15) is 13.2 Å². The van der Waals surface area contributed by atoms with Crippen LogP contribution in [-0.4, -0.2) is 70.6 Å². The van der Waals surface area contributed by atoms with Crippen LogP contribution in [0, 0.1) is 5.92 Å². The van der Waals surface area contributed by atoms with Crippen molar-refractivity contribution >= 4 is 17.5 Å². The van der Waals surface area contributed by atoms with Crippen molar-refractivity contribution in [3.05, 3.63) is 89.2 Å². The van der Waals surface area contributed by atoms with Crippen LogP contribution in [0.5, 0.6) is 5.75 Å². The van der Waals surface area contributed by atoms with Crippen molar-refractivity contribution in [3.63, 3.8) is 0 Å². The third kappa shape index (κ3) is 7.42. The first-order chi connectivity index (χ1) is 19.5. The number of alkyl halides is 3. The average Bonchev–Trinajstić information content (AvgIpc) is 2.95. The standard InChI is InChI=1S/C30H33F3N4O4/c1-19-15-37(20(2)18-38)29(40)25-14-24(35-28(39)22-10-12-34-13-11-22)8-9-26(25)41-27(19)17-36(3)16-21-4-6-23(7-5-21)30(31,32)33/h4-14,19-20,27,38H,15-18H2,1-3H3,(H,35,39)/t19-,20+,27+/m0/s1. The molecule has 0 saturated heterocycles. The number of aromatic nitrogens is 1. The van der Waals surface area contributed by atoms with E-state index in [0.717, 1.165) is 17.7 Å². The third-order valence-corrected chi connectivity index (χ3v) is 7.09. The van der Waals surface area contributed by atoms with Crippen LogP contribution in [0.1, 0.15) is 45.7 Å². The maximum atomic E-state index is 13.6. The molecule has 4 rings (SSSR count). The number of fused-ring (bicyclic) bond motifs is 1. The summed E-state index contributed by atoms with van der Waals surface area (Å²) < 4.78 is 45.2. The molecule has 0 aliphatic carbocycles. The lowest BCUT2D eigenvalue weighted by Gasteiger charge is -2.38. The molecule has 218 valence electrons. The molecule has 3 aromatic rings. The molecule has 1 aliphatic rings. The van der Waals surface area contributed by atoms with E-state index >= 15 is 0 Å². The van der Waals surface area contributed by atoms with Gasteiger partial charge in [-0.25, -0.2) is 0 Å². The van der Waals surface area contributed by atoms with Crippen molar-refractivity contribution in [1.82, 2.24) is 14.8 Å². The fourth-order valence-corrected chi connectivity index (χ4v) is 4.71. The maximum Gasteiger partial charge on any atom is 0.416 e. The molecular formula is C30H33F3N4O4. The zero-order chi connectivity index (χ0) is 29.7. The number of carbonyl (C=O) groups is 2. The van der Waals surface area contributed by atoms with Gasteiger partial charge in [0.1, 0.15) is 11.9 Å². The van der Waals surface area contributed by atoms with Gasteiger partial charge >= 0.3 is 6.18 Å². The van der Waals surface area contributed by atoms with Gasteiger partial charge in [0.05, 0.1) is 23.8 Å². The second kappa shape index (κ2) is 12.7. The van der Waals surface area contributed by atoms with Gasteiger partial charge in [-0.1, -0.05) is 19.1 Å². The van der Waals surface area contributed by atoms with E-state index in [2.05, 4.69) is 10.3 Å². The molecule has 0 fully saturated rings. The maximum absolute atomic E-state index is 13.6. The quantitative estimate of drug-likeness (QED) is 0.408. The van der Waals surface area contributed by atoms with E-state index in [0.29, 0.717) is 36.6 Å². The van der Waals surface area contributed by atoms with Crippen molar-refractivity contribution < 1.29 is 32.6 Å². The molecule has 41 heavy (non-hydrogen) atoms. The number of ether oxygens (including phenoxy) is 1. The Balaban J connectivity index is 1.56. The highest BCUT2D eigenvalue weighted by atomic mass is 19.4. The molecule has 2 heterocycles. The van der Waals surface area contributed by atoms with Gasteiger partial charge in [0.2, 0.25) is 0 Å². The molecule has 8 nitrogen and oxygen atoms in total. The molecule has 0 radical (unpaired) electrons. The van der Waals surface area contributed by atoms with Crippen LogP contribution in [-0.2, 0) is 12.7 Å². The molecule has 2 N–H and O–H groups in total. The van der Waals surface area contributed by atoms with Crippen LogP contribution in [0.4, 0.5) is 18.9 Å². The summed E-state index contributed by atoms with van der Waals surface area (Å²) in [5, 5.41) is 12.7. The highest BCUT2D eigenvalue weighted by Gasteiger charge is 2.34. The fourth-order valence-electron chi connectivity index (χ4n) is 4.71. The fraction of sp³-hybridized carbons (Fsp3) is 0.367. The molecular weight excluding hydrogens is 537 g/mol. The number of nitrogens with one attached hydrogen (secondary N) is 1. The number of carbonyl (C=O) groups excluding carboxylic acids is 2. The largest absolute Gasteiger partial charge is 0.488 e. The lowest BCUT2D eigenvalue weighted by atomic mass is 9.99. The Bertz CT molecular complexity index is 1350. The number of hydrogen-bond acceptors (Lipinski definition) is 6. The van der Waals surface area contributed by atoms with Crippen LogP contribution in [0.15, 0.2) is 67.0 Å². The van der Waals surface area contributed by atoms with Gasteiger partial charge in [0, 0.05) is 49.2 Å². The summed E-state index contributed by atoms with van der Waals surface area (Å²) in [7, 11) is 1.85. The van der Waals surface area contributed by atoms with Gasteiger partial charge in [-0.05, 0) is 62.0 Å². The second-order valence-corrected chi connectivity index (χ2v) is 10.4. The number of halogens is 3. The van der Waals surface area contributed by atoms with Gasteiger partial charge in [0.15, 0.2) is 0 Å². The first kappa shape index (κ1) is 30.0. The minimum Gasteiger partial charge on any atom is -0.488 e. The molecule has 1 aromatic heterocycles. The molecule has 0 spiro atoms. The topological polar surface area (TPSA) is 95.0 Å². The summed E-state index contributed by atoms with van der Waals surface area (Å²) in [5.41, 5.74) is 1.09. The predicted molar refractivity (Wildman–Crippen MR) is 148 cm³/mol. The zero-order valence-corrected chi connectivity index (χ0v) is 23.1. The Morgan fingerprint density at radius 3 is 2.49 bits per heavy atom. The van der Waals surface area contributed by atoms with E-state index in [1.807, 2.05) is 18.9 Å². The molecule has 0 unspecified atom stereocenters. The number of nitrogens with zero attached hydrogens (tertiary/aromatic N) is 3. The number of anilines is 1. The van der Waals surface area contributed by atoms with Crippen molar-refractivity contribution in [2.75, 3.05) is 32.1 Å². The molecule has 0 saturated carbocycles. The van der Waals surface area contributed by atoms with E-state index in [1.54, 1.807) is 42.2 Å². The number of pyridine rings is 1. The van der Waals surface area contributed by atoms with E-state index in [9.17, 15) is 27.9 Å². The van der Waals surface area contributed by atoms with Gasteiger partial charge in [-0.15, -0.1) is 0 Å². The minimum absolute atomic E-state index is 0.137. The Morgan fingerprint density at radius 2 is 1.85 bits per heavy atom. The SMILES string of the molecule is C[C@H](CO)N1C[C@H](C)[C@@H](CN(C)Cc2ccc(C(F)(F)F)cc2)Oc2ccc(NC(=O)c3ccncc3)cc2C1=O. The summed E-state index contributed by atoms with van der Waals surface area (Å²) in [6, 6.07) is 12.6. The molecule has 1 aliphatic heterocycles. The average molecular weight is 571 g/mol. The smallest absolute Gasteiger partial charge is 0.416 e. The summed E-state index contributed by atoms with van der Waals surface area (Å²) in [6.07, 6.45) is -1.75. The highest BCUT2D eigenvalue weighted by Crippen LogP contribution is 2.32. The molecule has 11 heteroatoms. The van der Waals surface area contributed by atoms with Gasteiger partial charge in [0.25, 0.3) is 11.8 Å². The summed E-state index contributed by atoms with van der Waals surface area (Å²) >= 11 is 0. The lowest BCUT2D eigenvalue weighted by molar-refractivity contribution is -0.137. The summed E-state index contributed by atoms with van der Waals surface area (Å²) in [4.78, 5) is 33.8. The normalized spacial score (nSPS) is 18.2. The van der Waals surface area contributed by atoms with Crippen LogP contribution in [0.3, 0.4) is 0 Å². The first-order valence-electron chi connectivity index (χ1n) is 13.2. The summed E-state index contributed by atoms with van der Waals surface area (Å²) in [6.45, 7) is 4.62. The van der Waals surface area contributed by atoms with Crippen LogP contribution >= 0.6 is 0 Å². The minimum atomic E-state index is -4.39. The Hall–Kier alpha value is -3.96. The molecule has 2 aromatic carbocycles. The predicted octanol–water partition coefficient (Wildman–Crippen LogP) is 4.70. The second-order valence-electron chi connectivity index (χ2n) is 10.4. The van der Waals surface area contributed by atoms with Crippen LogP contribution in [0.2, 0.25) is 0 Å². The van der Waals surface area contributed by atoms with E-state index in [-0.39, 0.29) is 36.0 Å².